The maximum Gasteiger partial charge on any atom is 4.00 e. The van der Waals surface area contributed by atoms with E-state index >= 15 is 0 Å². The molecule has 1 N–H and O–H groups in total. The zero-order chi connectivity index (χ0) is 4.24. The first-order chi connectivity index (χ1) is 3.00. The molecule has 0 spiro atoms. The van der Waals surface area contributed by atoms with Crippen molar-refractivity contribution >= 4 is 23.9 Å². The van der Waals surface area contributed by atoms with E-state index in [-0.39, 0.29) is 23.9 Å². The summed E-state index contributed by atoms with van der Waals surface area (Å²) in [7, 11) is 0. The van der Waals surface area contributed by atoms with Crippen LogP contribution in [0.2, 0.25) is 0 Å². The van der Waals surface area contributed by atoms with Gasteiger partial charge in [-0.05, 0) is 0 Å². The topological polar surface area (TPSA) is 14.1 Å². The van der Waals surface area contributed by atoms with Gasteiger partial charge in [-0.15, -0.1) is 0 Å². The molecule has 0 fully saturated rings. The monoisotopic (exact) mass is 200 g/mol. The van der Waals surface area contributed by atoms with Crippen molar-refractivity contribution in [2.75, 3.05) is 0 Å². The summed E-state index contributed by atoms with van der Waals surface area (Å²) in [6, 6.07) is 5.86. The minimum Gasteiger partial charge on any atom is -0.218 e. The van der Waals surface area contributed by atoms with E-state index in [1.165, 1.54) is 0 Å². The van der Waals surface area contributed by atoms with Gasteiger partial charge in [0.25, 0.3) is 0 Å². The quantitative estimate of drug-likeness (QED) is 0.526. The second kappa shape index (κ2) is 4.12. The molecular weight excluding hydrogens is 193 g/mol. The van der Waals surface area contributed by atoms with Crippen LogP contribution < -0.4 is 4.98 Å². The minimum atomic E-state index is 0. The fraction of sp³-hybridized carbons (Fsp3) is 0. The fourth-order valence-electron chi connectivity index (χ4n) is 0.342. The van der Waals surface area contributed by atoms with Gasteiger partial charge >= 0.3 is 23.9 Å². The second-order valence-corrected chi connectivity index (χ2v) is 1.08. The molecule has 0 aliphatic carbocycles. The normalized spacial score (nSPS) is 6.86. The number of pyridine rings is 1. The van der Waals surface area contributed by atoms with E-state index in [1.54, 1.807) is 0 Å². The van der Waals surface area contributed by atoms with E-state index in [4.69, 9.17) is 0 Å². The molecule has 0 radical (unpaired) electrons. The summed E-state index contributed by atoms with van der Waals surface area (Å²) < 4.78 is 0. The molecule has 7 heavy (non-hydrogen) atoms. The van der Waals surface area contributed by atoms with Crippen molar-refractivity contribution in [3.8, 4) is 0 Å². The third-order valence-electron chi connectivity index (χ3n) is 0.607. The van der Waals surface area contributed by atoms with Gasteiger partial charge in [-0.3, -0.25) is 0 Å². The smallest absolute Gasteiger partial charge is 0.218 e. The SMILES string of the molecule is [Sn+4].c1cc[nH+]cc1. The van der Waals surface area contributed by atoms with Gasteiger partial charge in [0, 0.05) is 12.1 Å². The Morgan fingerprint density at radius 1 is 0.857 bits per heavy atom. The van der Waals surface area contributed by atoms with Gasteiger partial charge < -0.3 is 0 Å². The van der Waals surface area contributed by atoms with Crippen molar-refractivity contribution in [2.45, 2.75) is 0 Å². The van der Waals surface area contributed by atoms with Crippen molar-refractivity contribution in [1.29, 1.82) is 0 Å². The van der Waals surface area contributed by atoms with E-state index < -0.39 is 0 Å². The van der Waals surface area contributed by atoms with Crippen LogP contribution in [0.15, 0.2) is 30.6 Å². The van der Waals surface area contributed by atoms with Crippen molar-refractivity contribution in [1.82, 2.24) is 0 Å². The number of rotatable bonds is 0. The first-order valence-electron chi connectivity index (χ1n) is 1.91. The Hall–Kier alpha value is -0.0513. The van der Waals surface area contributed by atoms with Gasteiger partial charge in [0.1, 0.15) is 0 Å². The van der Waals surface area contributed by atoms with Gasteiger partial charge in [-0.2, -0.15) is 0 Å². The van der Waals surface area contributed by atoms with E-state index in [0.29, 0.717) is 0 Å². The maximum atomic E-state index is 2.89. The standard InChI is InChI=1S/C5H5N.Sn/c1-2-4-6-5-3-1;/h1-5H;/q;+4/p+1. The summed E-state index contributed by atoms with van der Waals surface area (Å²) in [5.41, 5.74) is 0. The van der Waals surface area contributed by atoms with Crippen LogP contribution in [0.1, 0.15) is 0 Å². The number of hydrogen-bond donors (Lipinski definition) is 0. The molecule has 1 aromatic rings. The molecule has 0 bridgehead atoms. The molecule has 0 saturated carbocycles. The molecule has 1 nitrogen and oxygen atoms in total. The van der Waals surface area contributed by atoms with Crippen LogP contribution >= 0.6 is 0 Å². The Bertz CT molecular complexity index is 80.0. The van der Waals surface area contributed by atoms with Gasteiger partial charge in [-0.1, -0.05) is 6.07 Å². The maximum absolute atomic E-state index is 2.89. The average molecular weight is 199 g/mol. The van der Waals surface area contributed by atoms with Crippen LogP contribution in [0.5, 0.6) is 0 Å². The van der Waals surface area contributed by atoms with Gasteiger partial charge in [0.2, 0.25) is 0 Å². The third kappa shape index (κ3) is 2.62. The van der Waals surface area contributed by atoms with Gasteiger partial charge in [-0.25, -0.2) is 4.98 Å². The molecule has 2 heteroatoms. The van der Waals surface area contributed by atoms with Crippen molar-refractivity contribution in [3.05, 3.63) is 30.6 Å². The minimum absolute atomic E-state index is 0. The third-order valence-corrected chi connectivity index (χ3v) is 0.607. The number of aromatic amines is 1. The number of H-pyrrole nitrogens is 1. The largest absolute Gasteiger partial charge is 4.00 e. The van der Waals surface area contributed by atoms with Crippen molar-refractivity contribution in [2.24, 2.45) is 0 Å². The van der Waals surface area contributed by atoms with E-state index in [1.807, 2.05) is 30.6 Å². The van der Waals surface area contributed by atoms with E-state index in [9.17, 15) is 0 Å². The first-order valence-corrected chi connectivity index (χ1v) is 1.91. The van der Waals surface area contributed by atoms with E-state index in [2.05, 4.69) is 4.98 Å². The molecule has 0 unspecified atom stereocenters. The van der Waals surface area contributed by atoms with Crippen LogP contribution in [0.4, 0.5) is 0 Å². The second-order valence-electron chi connectivity index (χ2n) is 1.08. The number of aromatic nitrogens is 1. The summed E-state index contributed by atoms with van der Waals surface area (Å²) in [5.74, 6) is 0. The summed E-state index contributed by atoms with van der Waals surface area (Å²) in [6.07, 6.45) is 3.75. The predicted octanol–water partition coefficient (Wildman–Crippen LogP) is 0.120. The zero-order valence-corrected chi connectivity index (χ0v) is 6.74. The van der Waals surface area contributed by atoms with Crippen LogP contribution in [0.3, 0.4) is 0 Å². The van der Waals surface area contributed by atoms with Crippen LogP contribution in [0.25, 0.3) is 0 Å². The Morgan fingerprint density at radius 3 is 1.57 bits per heavy atom. The number of hydrogen-bond acceptors (Lipinski definition) is 0. The summed E-state index contributed by atoms with van der Waals surface area (Å²) >= 11 is 0. The molecule has 0 saturated heterocycles. The summed E-state index contributed by atoms with van der Waals surface area (Å²) in [6.45, 7) is 0. The molecule has 1 rings (SSSR count). The Labute approximate surface area is 59.7 Å². The Kier molecular flexibility index (Phi) is 4.09. The predicted molar refractivity (Wildman–Crippen MR) is 28.8 cm³/mol. The van der Waals surface area contributed by atoms with Gasteiger partial charge in [0.15, 0.2) is 12.4 Å². The molecule has 0 atom stereocenters. The fourth-order valence-corrected chi connectivity index (χ4v) is 0.342. The summed E-state index contributed by atoms with van der Waals surface area (Å²) in [5, 5.41) is 0. The molecule has 0 aliphatic heterocycles. The molecule has 1 aromatic heterocycles. The van der Waals surface area contributed by atoms with Gasteiger partial charge in [0.05, 0.1) is 0 Å². The van der Waals surface area contributed by atoms with E-state index in [0.717, 1.165) is 0 Å². The molecule has 30 valence electrons. The van der Waals surface area contributed by atoms with Crippen LogP contribution in [0, 0.1) is 0 Å². The molecule has 0 aliphatic rings. The van der Waals surface area contributed by atoms with Crippen LogP contribution in [-0.2, 0) is 0 Å². The van der Waals surface area contributed by atoms with Crippen LogP contribution in [-0.4, -0.2) is 23.9 Å². The molecule has 0 amide bonds. The van der Waals surface area contributed by atoms with Crippen molar-refractivity contribution < 1.29 is 4.98 Å². The molecule has 1 heterocycles. The van der Waals surface area contributed by atoms with Crippen molar-refractivity contribution in [3.63, 3.8) is 0 Å². The summed E-state index contributed by atoms with van der Waals surface area (Å²) in [4.78, 5) is 2.89. The first kappa shape index (κ1) is 6.95. The Morgan fingerprint density at radius 2 is 1.43 bits per heavy atom. The Balaban J connectivity index is 0.000000360. The molecular formula is C5H6NSn+5. The average Bonchev–Trinajstić information content (AvgIpc) is 1.72. The molecule has 0 aromatic carbocycles. The zero-order valence-electron chi connectivity index (χ0n) is 3.89. The number of nitrogens with one attached hydrogen (secondary N) is 1.